The van der Waals surface area contributed by atoms with Crippen LogP contribution in [0.15, 0.2) is 36.4 Å². The van der Waals surface area contributed by atoms with Crippen LogP contribution in [0.1, 0.15) is 12.8 Å². The Morgan fingerprint density at radius 3 is 2.55 bits per heavy atom. The number of anilines is 1. The van der Waals surface area contributed by atoms with E-state index in [9.17, 15) is 9.59 Å². The predicted octanol–water partition coefficient (Wildman–Crippen LogP) is 2.39. The molecule has 1 saturated carbocycles. The lowest BCUT2D eigenvalue weighted by atomic mass is 9.94. The van der Waals surface area contributed by atoms with Crippen molar-refractivity contribution in [3.05, 3.63) is 36.4 Å². The molecule has 0 aliphatic heterocycles. The SMILES string of the molecule is COc1ccc(NC(=O)COC(=O)[C@H]2C[C@@H]3C=C[C@H]2C3)cc1. The zero-order chi connectivity index (χ0) is 15.5. The Hall–Kier alpha value is -2.30. The third-order valence-corrected chi connectivity index (χ3v) is 4.30. The standard InChI is InChI=1S/C17H19NO4/c1-21-14-6-4-13(5-7-14)18-16(19)10-22-17(20)15-9-11-2-3-12(15)8-11/h2-7,11-12,15H,8-10H2,1H3,(H,18,19)/t11-,12+,15+/m1/s1. The van der Waals surface area contributed by atoms with Crippen molar-refractivity contribution >= 4 is 17.6 Å². The first-order valence-electron chi connectivity index (χ1n) is 7.44. The maximum atomic E-state index is 12.0. The molecule has 1 N–H and O–H groups in total. The molecule has 2 bridgehead atoms. The Bertz CT molecular complexity index is 593. The van der Waals surface area contributed by atoms with Gasteiger partial charge in [-0.3, -0.25) is 9.59 Å². The normalized spacial score (nSPS) is 25.0. The molecule has 0 spiro atoms. The number of nitrogens with one attached hydrogen (secondary N) is 1. The molecule has 1 amide bonds. The third-order valence-electron chi connectivity index (χ3n) is 4.30. The summed E-state index contributed by atoms with van der Waals surface area (Å²) in [7, 11) is 1.58. The lowest BCUT2D eigenvalue weighted by Gasteiger charge is -2.16. The minimum absolute atomic E-state index is 0.0798. The molecule has 1 fully saturated rings. The van der Waals surface area contributed by atoms with Crippen LogP contribution in [0, 0.1) is 17.8 Å². The quantitative estimate of drug-likeness (QED) is 0.670. The number of methoxy groups -OCH3 is 1. The zero-order valence-electron chi connectivity index (χ0n) is 12.5. The number of hydrogen-bond acceptors (Lipinski definition) is 4. The summed E-state index contributed by atoms with van der Waals surface area (Å²) < 4.78 is 10.2. The second kappa shape index (κ2) is 6.22. The first kappa shape index (κ1) is 14.6. The van der Waals surface area contributed by atoms with E-state index < -0.39 is 0 Å². The van der Waals surface area contributed by atoms with Gasteiger partial charge in [-0.25, -0.2) is 0 Å². The van der Waals surface area contributed by atoms with Gasteiger partial charge in [0.15, 0.2) is 6.61 Å². The summed E-state index contributed by atoms with van der Waals surface area (Å²) in [5.41, 5.74) is 0.643. The van der Waals surface area contributed by atoms with E-state index in [0.29, 0.717) is 23.3 Å². The fourth-order valence-corrected chi connectivity index (χ4v) is 3.17. The lowest BCUT2D eigenvalue weighted by Crippen LogP contribution is -2.26. The van der Waals surface area contributed by atoms with Gasteiger partial charge in [-0.05, 0) is 48.9 Å². The van der Waals surface area contributed by atoms with E-state index in [1.807, 2.05) is 0 Å². The number of amides is 1. The van der Waals surface area contributed by atoms with Gasteiger partial charge >= 0.3 is 5.97 Å². The number of allylic oxidation sites excluding steroid dienone is 2. The molecule has 3 rings (SSSR count). The van der Waals surface area contributed by atoms with Gasteiger partial charge in [0, 0.05) is 5.69 Å². The van der Waals surface area contributed by atoms with Crippen LogP contribution in [-0.4, -0.2) is 25.6 Å². The molecular weight excluding hydrogens is 282 g/mol. The second-order valence-corrected chi connectivity index (χ2v) is 5.77. The zero-order valence-corrected chi connectivity index (χ0v) is 12.5. The van der Waals surface area contributed by atoms with Gasteiger partial charge in [0.25, 0.3) is 5.91 Å². The maximum Gasteiger partial charge on any atom is 0.310 e. The van der Waals surface area contributed by atoms with E-state index in [4.69, 9.17) is 9.47 Å². The average Bonchev–Trinajstić information content (AvgIpc) is 3.16. The number of ether oxygens (including phenoxy) is 2. The Balaban J connectivity index is 1.45. The van der Waals surface area contributed by atoms with Crippen LogP contribution in [0.4, 0.5) is 5.69 Å². The maximum absolute atomic E-state index is 12.0. The topological polar surface area (TPSA) is 64.6 Å². The molecule has 2 aliphatic carbocycles. The number of rotatable bonds is 5. The highest BCUT2D eigenvalue weighted by molar-refractivity contribution is 5.93. The minimum Gasteiger partial charge on any atom is -0.497 e. The van der Waals surface area contributed by atoms with Crippen LogP contribution in [0.3, 0.4) is 0 Å². The summed E-state index contributed by atoms with van der Waals surface area (Å²) in [5, 5.41) is 2.69. The molecule has 0 unspecified atom stereocenters. The summed E-state index contributed by atoms with van der Waals surface area (Å²) in [6.07, 6.45) is 6.15. The number of fused-ring (bicyclic) bond motifs is 2. The first-order valence-corrected chi connectivity index (χ1v) is 7.44. The molecule has 0 heterocycles. The highest BCUT2D eigenvalue weighted by Crippen LogP contribution is 2.43. The van der Waals surface area contributed by atoms with E-state index in [0.717, 1.165) is 12.8 Å². The van der Waals surface area contributed by atoms with Gasteiger partial charge in [0.05, 0.1) is 13.0 Å². The van der Waals surface area contributed by atoms with Crippen LogP contribution in [0.2, 0.25) is 0 Å². The van der Waals surface area contributed by atoms with Gasteiger partial charge < -0.3 is 14.8 Å². The van der Waals surface area contributed by atoms with E-state index in [1.165, 1.54) is 0 Å². The van der Waals surface area contributed by atoms with Crippen LogP contribution in [0.25, 0.3) is 0 Å². The van der Waals surface area contributed by atoms with E-state index >= 15 is 0 Å². The van der Waals surface area contributed by atoms with E-state index in [1.54, 1.807) is 31.4 Å². The number of carbonyl (C=O) groups is 2. The molecule has 1 aromatic rings. The molecule has 116 valence electrons. The van der Waals surface area contributed by atoms with Crippen molar-refractivity contribution < 1.29 is 19.1 Å². The van der Waals surface area contributed by atoms with Crippen LogP contribution in [-0.2, 0) is 14.3 Å². The predicted molar refractivity (Wildman–Crippen MR) is 81.4 cm³/mol. The Morgan fingerprint density at radius 1 is 1.18 bits per heavy atom. The molecule has 0 radical (unpaired) electrons. The minimum atomic E-state index is -0.336. The fraction of sp³-hybridized carbons (Fsp3) is 0.412. The molecule has 22 heavy (non-hydrogen) atoms. The Kier molecular flexibility index (Phi) is 4.13. The number of esters is 1. The molecule has 3 atom stereocenters. The monoisotopic (exact) mass is 301 g/mol. The lowest BCUT2D eigenvalue weighted by molar-refractivity contribution is -0.152. The summed E-state index contributed by atoms with van der Waals surface area (Å²) in [4.78, 5) is 23.8. The number of benzene rings is 1. The smallest absolute Gasteiger partial charge is 0.310 e. The second-order valence-electron chi connectivity index (χ2n) is 5.77. The van der Waals surface area contributed by atoms with E-state index in [-0.39, 0.29) is 24.4 Å². The van der Waals surface area contributed by atoms with Crippen molar-refractivity contribution in [3.63, 3.8) is 0 Å². The Labute approximate surface area is 129 Å². The highest BCUT2D eigenvalue weighted by atomic mass is 16.5. The molecule has 2 aliphatic rings. The highest BCUT2D eigenvalue weighted by Gasteiger charge is 2.40. The molecule has 1 aromatic carbocycles. The van der Waals surface area contributed by atoms with E-state index in [2.05, 4.69) is 17.5 Å². The van der Waals surface area contributed by atoms with Gasteiger partial charge in [0.1, 0.15) is 5.75 Å². The number of hydrogen-bond donors (Lipinski definition) is 1. The van der Waals surface area contributed by atoms with Crippen molar-refractivity contribution in [2.45, 2.75) is 12.8 Å². The van der Waals surface area contributed by atoms with Crippen molar-refractivity contribution in [2.24, 2.45) is 17.8 Å². The van der Waals surface area contributed by atoms with Crippen molar-refractivity contribution in [3.8, 4) is 5.75 Å². The van der Waals surface area contributed by atoms with Crippen molar-refractivity contribution in [1.82, 2.24) is 0 Å². The molecule has 0 aromatic heterocycles. The molecule has 5 nitrogen and oxygen atoms in total. The number of carbonyl (C=O) groups excluding carboxylic acids is 2. The van der Waals surface area contributed by atoms with Crippen LogP contribution >= 0.6 is 0 Å². The fourth-order valence-electron chi connectivity index (χ4n) is 3.17. The van der Waals surface area contributed by atoms with Gasteiger partial charge in [-0.1, -0.05) is 12.2 Å². The average molecular weight is 301 g/mol. The summed E-state index contributed by atoms with van der Waals surface area (Å²) in [6, 6.07) is 6.98. The molecular formula is C17H19NO4. The summed E-state index contributed by atoms with van der Waals surface area (Å²) >= 11 is 0. The Morgan fingerprint density at radius 2 is 1.95 bits per heavy atom. The van der Waals surface area contributed by atoms with Crippen molar-refractivity contribution in [2.75, 3.05) is 19.0 Å². The van der Waals surface area contributed by atoms with Gasteiger partial charge in [-0.15, -0.1) is 0 Å². The van der Waals surface area contributed by atoms with Gasteiger partial charge in [-0.2, -0.15) is 0 Å². The summed E-state index contributed by atoms with van der Waals surface area (Å²) in [5.74, 6) is 0.842. The third kappa shape index (κ3) is 3.13. The summed E-state index contributed by atoms with van der Waals surface area (Å²) in [6.45, 7) is -0.248. The van der Waals surface area contributed by atoms with Crippen molar-refractivity contribution in [1.29, 1.82) is 0 Å². The van der Waals surface area contributed by atoms with Crippen LogP contribution < -0.4 is 10.1 Å². The van der Waals surface area contributed by atoms with Crippen LogP contribution in [0.5, 0.6) is 5.75 Å². The van der Waals surface area contributed by atoms with Gasteiger partial charge in [0.2, 0.25) is 0 Å². The first-order chi connectivity index (χ1) is 10.7. The molecule has 5 heteroatoms. The largest absolute Gasteiger partial charge is 0.497 e. The molecule has 0 saturated heterocycles.